The van der Waals surface area contributed by atoms with E-state index in [2.05, 4.69) is 0 Å². The molecule has 11 heteroatoms. The van der Waals surface area contributed by atoms with Crippen LogP contribution in [0.15, 0.2) is 0 Å². The van der Waals surface area contributed by atoms with E-state index in [0.717, 1.165) is 6.42 Å². The van der Waals surface area contributed by atoms with Crippen LogP contribution in [0.4, 0.5) is 0 Å². The van der Waals surface area contributed by atoms with Gasteiger partial charge in [0.2, 0.25) is 0 Å². The molecule has 1 rings (SSSR count). The fourth-order valence-electron chi connectivity index (χ4n) is 2.39. The fraction of sp³-hybridized carbons (Fsp3) is 0.643. The maximum Gasteiger partial charge on any atom is 0.336 e. The van der Waals surface area contributed by atoms with Crippen molar-refractivity contribution in [2.24, 2.45) is 5.41 Å². The van der Waals surface area contributed by atoms with Crippen LogP contribution in [0.3, 0.4) is 0 Å². The minimum Gasteiger partial charge on any atom is -0.481 e. The highest BCUT2D eigenvalue weighted by atomic mass is 16.4. The summed E-state index contributed by atoms with van der Waals surface area (Å²) in [6, 6.07) is 0. The highest BCUT2D eigenvalue weighted by molar-refractivity contribution is 5.98. The Morgan fingerprint density at radius 2 is 1.08 bits per heavy atom. The van der Waals surface area contributed by atoms with Crippen LogP contribution < -0.4 is 0 Å². The number of carbonyl (C=O) groups is 5. The van der Waals surface area contributed by atoms with Gasteiger partial charge in [0.05, 0.1) is 12.8 Å². The number of carboxylic acids is 5. The lowest BCUT2D eigenvalue weighted by Gasteiger charge is -2.28. The largest absolute Gasteiger partial charge is 0.481 e. The highest BCUT2D eigenvalue weighted by Gasteiger charge is 2.46. The van der Waals surface area contributed by atoms with Crippen LogP contribution in [0.5, 0.6) is 0 Å². The van der Waals surface area contributed by atoms with Crippen LogP contribution in [0.25, 0.3) is 0 Å². The summed E-state index contributed by atoms with van der Waals surface area (Å²) >= 11 is 0. The Bertz CT molecular complexity index is 513. The predicted molar refractivity (Wildman–Crippen MR) is 77.9 cm³/mol. The maximum absolute atomic E-state index is 10.7. The number of aliphatic carboxylic acids is 5. The first-order chi connectivity index (χ1) is 11.4. The van der Waals surface area contributed by atoms with Crippen molar-refractivity contribution in [1.82, 2.24) is 0 Å². The lowest BCUT2D eigenvalue weighted by molar-refractivity contribution is -0.170. The second-order valence-corrected chi connectivity index (χ2v) is 5.73. The number of hydrogen-bond donors (Lipinski definition) is 6. The lowest BCUT2D eigenvalue weighted by atomic mass is 9.74. The van der Waals surface area contributed by atoms with Crippen molar-refractivity contribution < 1.29 is 54.6 Å². The van der Waals surface area contributed by atoms with Crippen LogP contribution in [0.1, 0.15) is 44.9 Å². The molecule has 1 aliphatic carbocycles. The van der Waals surface area contributed by atoms with Crippen molar-refractivity contribution in [2.75, 3.05) is 0 Å². The van der Waals surface area contributed by atoms with Gasteiger partial charge in [0.1, 0.15) is 0 Å². The van der Waals surface area contributed by atoms with Crippen LogP contribution in [0, 0.1) is 5.41 Å². The molecule has 0 aliphatic heterocycles. The van der Waals surface area contributed by atoms with Gasteiger partial charge in [-0.1, -0.05) is 19.3 Å². The van der Waals surface area contributed by atoms with Gasteiger partial charge >= 0.3 is 29.8 Å². The summed E-state index contributed by atoms with van der Waals surface area (Å²) in [5.74, 6) is -7.39. The quantitative estimate of drug-likeness (QED) is 0.327. The molecular weight excluding hydrogens is 344 g/mol. The second-order valence-electron chi connectivity index (χ2n) is 5.73. The molecule has 0 saturated heterocycles. The monoisotopic (exact) mass is 364 g/mol. The first kappa shape index (κ1) is 22.3. The Morgan fingerprint density at radius 1 is 0.720 bits per heavy atom. The molecule has 25 heavy (non-hydrogen) atoms. The van der Waals surface area contributed by atoms with Crippen LogP contribution in [0.2, 0.25) is 0 Å². The number of rotatable bonds is 7. The van der Waals surface area contributed by atoms with Gasteiger partial charge in [-0.15, -0.1) is 0 Å². The van der Waals surface area contributed by atoms with Gasteiger partial charge in [-0.3, -0.25) is 19.2 Å². The standard InChI is InChI=1S/C8H12O4.C6H8O7/c9-6(10)8(7(11)12)4-2-1-3-5-8;7-3(8)1-6(13,5(11)12)2-4(9)10/h1-5H2,(H,9,10)(H,11,12);13H,1-2H2,(H,7,8)(H,9,10)(H,11,12). The maximum atomic E-state index is 10.7. The Balaban J connectivity index is 0.000000462. The Hall–Kier alpha value is -2.69. The summed E-state index contributed by atoms with van der Waals surface area (Å²) in [4.78, 5) is 52.0. The third-order valence-electron chi connectivity index (χ3n) is 3.81. The van der Waals surface area contributed by atoms with Gasteiger partial charge < -0.3 is 30.6 Å². The zero-order valence-electron chi connectivity index (χ0n) is 13.2. The summed E-state index contributed by atoms with van der Waals surface area (Å²) < 4.78 is 0. The molecule has 142 valence electrons. The summed E-state index contributed by atoms with van der Waals surface area (Å²) in [5.41, 5.74) is -4.23. The normalized spacial score (nSPS) is 16.0. The molecular formula is C14H20O11. The van der Waals surface area contributed by atoms with E-state index in [1.165, 1.54) is 0 Å². The molecule has 0 atom stereocenters. The molecule has 0 unspecified atom stereocenters. The van der Waals surface area contributed by atoms with Crippen molar-refractivity contribution in [1.29, 1.82) is 0 Å². The molecule has 0 spiro atoms. The van der Waals surface area contributed by atoms with Gasteiger partial charge in [-0.25, -0.2) is 4.79 Å². The van der Waals surface area contributed by atoms with E-state index in [4.69, 9.17) is 30.6 Å². The third kappa shape index (κ3) is 6.37. The molecule has 6 N–H and O–H groups in total. The van der Waals surface area contributed by atoms with E-state index in [1.54, 1.807) is 0 Å². The van der Waals surface area contributed by atoms with Crippen LogP contribution >= 0.6 is 0 Å². The van der Waals surface area contributed by atoms with Gasteiger partial charge in [-0.2, -0.15) is 0 Å². The molecule has 0 radical (unpaired) electrons. The summed E-state index contributed by atoms with van der Waals surface area (Å²) in [7, 11) is 0. The topological polar surface area (TPSA) is 207 Å². The van der Waals surface area contributed by atoms with Crippen molar-refractivity contribution in [3.63, 3.8) is 0 Å². The predicted octanol–water partition coefficient (Wildman–Crippen LogP) is -0.142. The summed E-state index contributed by atoms with van der Waals surface area (Å²) in [6.45, 7) is 0. The molecule has 0 heterocycles. The lowest BCUT2D eigenvalue weighted by Crippen LogP contribution is -2.42. The van der Waals surface area contributed by atoms with Gasteiger partial charge in [0, 0.05) is 0 Å². The molecule has 0 amide bonds. The molecule has 1 aliphatic rings. The van der Waals surface area contributed by atoms with E-state index in [1.807, 2.05) is 0 Å². The number of aliphatic hydroxyl groups is 1. The molecule has 1 saturated carbocycles. The van der Waals surface area contributed by atoms with E-state index in [0.29, 0.717) is 12.8 Å². The Kier molecular flexibility index (Phi) is 8.00. The van der Waals surface area contributed by atoms with E-state index < -0.39 is 53.7 Å². The molecule has 11 nitrogen and oxygen atoms in total. The Morgan fingerprint density at radius 3 is 1.28 bits per heavy atom. The van der Waals surface area contributed by atoms with Gasteiger partial charge in [-0.05, 0) is 12.8 Å². The van der Waals surface area contributed by atoms with E-state index in [9.17, 15) is 24.0 Å². The average Bonchev–Trinajstić information content (AvgIpc) is 2.46. The fourth-order valence-corrected chi connectivity index (χ4v) is 2.39. The first-order valence-electron chi connectivity index (χ1n) is 7.23. The molecule has 0 aromatic rings. The molecule has 0 bridgehead atoms. The summed E-state index contributed by atoms with van der Waals surface area (Å²) in [5, 5.41) is 51.4. The third-order valence-corrected chi connectivity index (χ3v) is 3.81. The van der Waals surface area contributed by atoms with Crippen molar-refractivity contribution in [3.8, 4) is 0 Å². The first-order valence-corrected chi connectivity index (χ1v) is 7.23. The minimum absolute atomic E-state index is 0.275. The van der Waals surface area contributed by atoms with Crippen molar-refractivity contribution >= 4 is 29.8 Å². The highest BCUT2D eigenvalue weighted by Crippen LogP contribution is 2.36. The molecule has 1 fully saturated rings. The smallest absolute Gasteiger partial charge is 0.336 e. The number of carboxylic acid groups (broad SMARTS) is 5. The van der Waals surface area contributed by atoms with Crippen molar-refractivity contribution in [3.05, 3.63) is 0 Å². The second kappa shape index (κ2) is 8.97. The van der Waals surface area contributed by atoms with Crippen molar-refractivity contribution in [2.45, 2.75) is 50.5 Å². The molecule has 0 aromatic carbocycles. The van der Waals surface area contributed by atoms with Gasteiger partial charge in [0.25, 0.3) is 0 Å². The van der Waals surface area contributed by atoms with Gasteiger partial charge in [0.15, 0.2) is 11.0 Å². The Labute approximate surface area is 141 Å². The zero-order valence-corrected chi connectivity index (χ0v) is 13.2. The SMILES string of the molecule is O=C(O)C1(C(=O)O)CCCCC1.O=C(O)CC(O)(CC(=O)O)C(=O)O. The van der Waals surface area contributed by atoms with Crippen LogP contribution in [-0.4, -0.2) is 66.1 Å². The molecule has 0 aromatic heterocycles. The van der Waals surface area contributed by atoms with Crippen LogP contribution in [-0.2, 0) is 24.0 Å². The summed E-state index contributed by atoms with van der Waals surface area (Å²) in [6.07, 6.45) is 0.623. The number of hydrogen-bond acceptors (Lipinski definition) is 6. The average molecular weight is 364 g/mol. The van der Waals surface area contributed by atoms with E-state index >= 15 is 0 Å². The van der Waals surface area contributed by atoms with E-state index in [-0.39, 0.29) is 12.8 Å². The zero-order chi connectivity index (χ0) is 19.8. The minimum atomic E-state index is -2.74.